The van der Waals surface area contributed by atoms with Crippen LogP contribution >= 0.6 is 0 Å². The first-order chi connectivity index (χ1) is 9.13. The number of carbonyl (C=O) groups is 1. The lowest BCUT2D eigenvalue weighted by Gasteiger charge is -2.14. The van der Waals surface area contributed by atoms with Crippen LogP contribution in [0, 0.1) is 0 Å². The zero-order valence-electron chi connectivity index (χ0n) is 10.2. The third kappa shape index (κ3) is 2.10. The first-order valence-corrected chi connectivity index (χ1v) is 5.99. The minimum atomic E-state index is -0.271. The number of anilines is 1. The molecule has 1 aromatic heterocycles. The standard InChI is InChI=1S/C14H13N3O2/c15-11-5-4-9-7-17(8-10(9)6-11)14(19)12-2-1-3-13(18)16-12/h1-6H,7-8,15H2,(H,16,18). The number of pyridine rings is 1. The van der Waals surface area contributed by atoms with Crippen LogP contribution in [0.1, 0.15) is 21.6 Å². The number of hydrogen-bond donors (Lipinski definition) is 2. The van der Waals surface area contributed by atoms with Gasteiger partial charge in [0.2, 0.25) is 5.56 Å². The summed E-state index contributed by atoms with van der Waals surface area (Å²) in [6, 6.07) is 10.2. The van der Waals surface area contributed by atoms with E-state index in [1.165, 1.54) is 6.07 Å². The van der Waals surface area contributed by atoms with Crippen LogP contribution in [0.5, 0.6) is 0 Å². The highest BCUT2D eigenvalue weighted by molar-refractivity contribution is 5.92. The highest BCUT2D eigenvalue weighted by atomic mass is 16.2. The predicted octanol–water partition coefficient (Wildman–Crippen LogP) is 1.11. The zero-order chi connectivity index (χ0) is 13.4. The highest BCUT2D eigenvalue weighted by Crippen LogP contribution is 2.25. The predicted molar refractivity (Wildman–Crippen MR) is 71.5 cm³/mol. The van der Waals surface area contributed by atoms with E-state index in [4.69, 9.17) is 5.73 Å². The number of amides is 1. The highest BCUT2D eigenvalue weighted by Gasteiger charge is 2.24. The smallest absolute Gasteiger partial charge is 0.270 e. The molecular formula is C14H13N3O2. The van der Waals surface area contributed by atoms with Gasteiger partial charge in [0.15, 0.2) is 0 Å². The summed E-state index contributed by atoms with van der Waals surface area (Å²) in [5.74, 6) is -0.174. The number of fused-ring (bicyclic) bond motifs is 1. The Balaban J connectivity index is 1.87. The number of nitrogen functional groups attached to an aromatic ring is 1. The van der Waals surface area contributed by atoms with Gasteiger partial charge in [-0.3, -0.25) is 9.59 Å². The maximum absolute atomic E-state index is 12.3. The number of aromatic amines is 1. The minimum absolute atomic E-state index is 0.174. The number of nitrogens with one attached hydrogen (secondary N) is 1. The second-order valence-corrected chi connectivity index (χ2v) is 4.62. The molecule has 2 heterocycles. The van der Waals surface area contributed by atoms with Crippen LogP contribution in [0.3, 0.4) is 0 Å². The van der Waals surface area contributed by atoms with Gasteiger partial charge in [-0.1, -0.05) is 12.1 Å². The lowest BCUT2D eigenvalue weighted by atomic mass is 10.1. The van der Waals surface area contributed by atoms with E-state index in [0.717, 1.165) is 11.1 Å². The molecule has 0 bridgehead atoms. The van der Waals surface area contributed by atoms with Crippen LogP contribution in [0.4, 0.5) is 5.69 Å². The Morgan fingerprint density at radius 3 is 2.74 bits per heavy atom. The molecule has 1 amide bonds. The number of carbonyl (C=O) groups excluding carboxylic acids is 1. The largest absolute Gasteiger partial charge is 0.399 e. The van der Waals surface area contributed by atoms with Gasteiger partial charge in [0.1, 0.15) is 5.69 Å². The van der Waals surface area contributed by atoms with Crippen molar-refractivity contribution in [1.29, 1.82) is 0 Å². The van der Waals surface area contributed by atoms with Crippen molar-refractivity contribution in [3.63, 3.8) is 0 Å². The Labute approximate surface area is 109 Å². The lowest BCUT2D eigenvalue weighted by molar-refractivity contribution is 0.0745. The van der Waals surface area contributed by atoms with Gasteiger partial charge in [-0.25, -0.2) is 0 Å². The average Bonchev–Trinajstić information content (AvgIpc) is 2.80. The molecule has 0 saturated heterocycles. The fraction of sp³-hybridized carbons (Fsp3) is 0.143. The summed E-state index contributed by atoms with van der Waals surface area (Å²) in [7, 11) is 0. The van der Waals surface area contributed by atoms with Crippen molar-refractivity contribution in [3.8, 4) is 0 Å². The minimum Gasteiger partial charge on any atom is -0.399 e. The molecule has 2 aromatic rings. The van der Waals surface area contributed by atoms with Crippen molar-refractivity contribution in [3.05, 3.63) is 63.6 Å². The molecule has 5 heteroatoms. The fourth-order valence-corrected chi connectivity index (χ4v) is 2.30. The number of H-pyrrole nitrogens is 1. The van der Waals surface area contributed by atoms with E-state index in [1.807, 2.05) is 18.2 Å². The monoisotopic (exact) mass is 255 g/mol. The Kier molecular flexibility index (Phi) is 2.59. The van der Waals surface area contributed by atoms with Gasteiger partial charge in [0.05, 0.1) is 0 Å². The van der Waals surface area contributed by atoms with Gasteiger partial charge in [0, 0.05) is 24.8 Å². The van der Waals surface area contributed by atoms with E-state index < -0.39 is 0 Å². The topological polar surface area (TPSA) is 79.2 Å². The number of rotatable bonds is 1. The summed E-state index contributed by atoms with van der Waals surface area (Å²) in [5.41, 5.74) is 8.63. The maximum atomic E-state index is 12.3. The van der Waals surface area contributed by atoms with E-state index in [9.17, 15) is 9.59 Å². The third-order valence-electron chi connectivity index (χ3n) is 3.24. The van der Waals surface area contributed by atoms with E-state index in [2.05, 4.69) is 4.98 Å². The van der Waals surface area contributed by atoms with Crippen molar-refractivity contribution in [1.82, 2.24) is 9.88 Å². The molecule has 3 N–H and O–H groups in total. The summed E-state index contributed by atoms with van der Waals surface area (Å²) in [6.45, 7) is 1.07. The molecule has 19 heavy (non-hydrogen) atoms. The van der Waals surface area contributed by atoms with Crippen molar-refractivity contribution >= 4 is 11.6 Å². The number of nitrogens with zero attached hydrogens (tertiary/aromatic N) is 1. The molecule has 0 aliphatic carbocycles. The molecule has 0 radical (unpaired) electrons. The van der Waals surface area contributed by atoms with Crippen LogP contribution in [-0.2, 0) is 13.1 Å². The van der Waals surface area contributed by atoms with Crippen LogP contribution in [0.15, 0.2) is 41.2 Å². The van der Waals surface area contributed by atoms with Crippen LogP contribution in [0.2, 0.25) is 0 Å². The molecule has 0 unspecified atom stereocenters. The second-order valence-electron chi connectivity index (χ2n) is 4.62. The Hall–Kier alpha value is -2.56. The molecule has 0 fully saturated rings. The summed E-state index contributed by atoms with van der Waals surface area (Å²) >= 11 is 0. The SMILES string of the molecule is Nc1ccc2c(c1)CN(C(=O)c1cccc(=O)[nH]1)C2. The average molecular weight is 255 g/mol. The number of nitrogens with two attached hydrogens (primary N) is 1. The van der Waals surface area contributed by atoms with Crippen LogP contribution in [0.25, 0.3) is 0 Å². The van der Waals surface area contributed by atoms with Crippen molar-refractivity contribution in [2.24, 2.45) is 0 Å². The first-order valence-electron chi connectivity index (χ1n) is 5.99. The molecule has 0 saturated carbocycles. The van der Waals surface area contributed by atoms with E-state index in [0.29, 0.717) is 24.5 Å². The second kappa shape index (κ2) is 4.28. The van der Waals surface area contributed by atoms with Crippen molar-refractivity contribution in [2.45, 2.75) is 13.1 Å². The molecule has 0 spiro atoms. The Bertz CT molecular complexity index is 706. The number of benzene rings is 1. The molecule has 3 rings (SSSR count). The molecule has 96 valence electrons. The quantitative estimate of drug-likeness (QED) is 0.749. The first kappa shape index (κ1) is 11.5. The summed E-state index contributed by atoms with van der Waals surface area (Å²) < 4.78 is 0. The molecule has 1 aliphatic heterocycles. The van der Waals surface area contributed by atoms with Gasteiger partial charge in [-0.05, 0) is 29.3 Å². The molecule has 1 aromatic carbocycles. The van der Waals surface area contributed by atoms with E-state index >= 15 is 0 Å². The Morgan fingerprint density at radius 1 is 1.16 bits per heavy atom. The molecule has 5 nitrogen and oxygen atoms in total. The van der Waals surface area contributed by atoms with Crippen molar-refractivity contribution in [2.75, 3.05) is 5.73 Å². The normalized spacial score (nSPS) is 13.4. The fourth-order valence-electron chi connectivity index (χ4n) is 2.30. The maximum Gasteiger partial charge on any atom is 0.270 e. The Morgan fingerprint density at radius 2 is 1.95 bits per heavy atom. The molecule has 0 atom stereocenters. The summed E-state index contributed by atoms with van der Waals surface area (Å²) in [5, 5.41) is 0. The van der Waals surface area contributed by atoms with Crippen molar-refractivity contribution < 1.29 is 4.79 Å². The van der Waals surface area contributed by atoms with Gasteiger partial charge in [0.25, 0.3) is 5.91 Å². The summed E-state index contributed by atoms with van der Waals surface area (Å²) in [6.07, 6.45) is 0. The zero-order valence-corrected chi connectivity index (χ0v) is 10.2. The van der Waals surface area contributed by atoms with Gasteiger partial charge < -0.3 is 15.6 Å². The summed E-state index contributed by atoms with van der Waals surface area (Å²) in [4.78, 5) is 27.7. The van der Waals surface area contributed by atoms with Gasteiger partial charge in [-0.15, -0.1) is 0 Å². The van der Waals surface area contributed by atoms with E-state index in [-0.39, 0.29) is 11.5 Å². The van der Waals surface area contributed by atoms with Crippen LogP contribution < -0.4 is 11.3 Å². The van der Waals surface area contributed by atoms with Gasteiger partial charge >= 0.3 is 0 Å². The third-order valence-corrected chi connectivity index (χ3v) is 3.24. The van der Waals surface area contributed by atoms with Crippen LogP contribution in [-0.4, -0.2) is 15.8 Å². The molecular weight excluding hydrogens is 242 g/mol. The number of hydrogen-bond acceptors (Lipinski definition) is 3. The lowest BCUT2D eigenvalue weighted by Crippen LogP contribution is -2.27. The number of aromatic nitrogens is 1. The van der Waals surface area contributed by atoms with Gasteiger partial charge in [-0.2, -0.15) is 0 Å². The van der Waals surface area contributed by atoms with E-state index in [1.54, 1.807) is 17.0 Å². The molecule has 1 aliphatic rings.